The number of carbonyl (C=O) groups is 1. The van der Waals surface area contributed by atoms with Crippen molar-refractivity contribution in [2.24, 2.45) is 5.92 Å². The van der Waals surface area contributed by atoms with Crippen molar-refractivity contribution in [1.29, 1.82) is 0 Å². The summed E-state index contributed by atoms with van der Waals surface area (Å²) in [5.74, 6) is 1.09. The van der Waals surface area contributed by atoms with Crippen LogP contribution in [0.1, 0.15) is 42.5 Å². The number of ether oxygens (including phenoxy) is 1. The molecule has 1 N–H and O–H groups in total. The van der Waals surface area contributed by atoms with E-state index in [-0.39, 0.29) is 5.91 Å². The van der Waals surface area contributed by atoms with E-state index in [1.54, 1.807) is 0 Å². The SMILES string of the molecule is CCc1nc2c(Br)cc(C)cn2c1C(=O)Nc1ccc(OCC(C)C)cc1. The summed E-state index contributed by atoms with van der Waals surface area (Å²) in [6.45, 7) is 8.88. The normalized spacial score (nSPS) is 11.2. The van der Waals surface area contributed by atoms with Gasteiger partial charge in [-0.05, 0) is 71.1 Å². The molecule has 0 fully saturated rings. The molecule has 1 aromatic carbocycles. The average molecular weight is 430 g/mol. The van der Waals surface area contributed by atoms with Gasteiger partial charge in [-0.2, -0.15) is 0 Å². The van der Waals surface area contributed by atoms with Gasteiger partial charge in [0.15, 0.2) is 5.65 Å². The lowest BCUT2D eigenvalue weighted by atomic mass is 10.2. The van der Waals surface area contributed by atoms with E-state index in [1.807, 2.05) is 54.8 Å². The molecule has 142 valence electrons. The molecular weight excluding hydrogens is 406 g/mol. The van der Waals surface area contributed by atoms with Gasteiger partial charge in [0.05, 0.1) is 16.8 Å². The average Bonchev–Trinajstić information content (AvgIpc) is 3.00. The van der Waals surface area contributed by atoms with Gasteiger partial charge in [0.2, 0.25) is 0 Å². The van der Waals surface area contributed by atoms with Gasteiger partial charge in [-0.3, -0.25) is 9.20 Å². The molecule has 27 heavy (non-hydrogen) atoms. The third kappa shape index (κ3) is 4.33. The second-order valence-electron chi connectivity index (χ2n) is 7.00. The zero-order chi connectivity index (χ0) is 19.6. The minimum Gasteiger partial charge on any atom is -0.493 e. The summed E-state index contributed by atoms with van der Waals surface area (Å²) in [6, 6.07) is 9.44. The molecule has 0 saturated heterocycles. The highest BCUT2D eigenvalue weighted by Gasteiger charge is 2.20. The lowest BCUT2D eigenvalue weighted by molar-refractivity contribution is 0.102. The Morgan fingerprint density at radius 3 is 2.63 bits per heavy atom. The van der Waals surface area contributed by atoms with Crippen LogP contribution < -0.4 is 10.1 Å². The predicted octanol–water partition coefficient (Wildman–Crippen LogP) is 5.25. The van der Waals surface area contributed by atoms with E-state index in [1.165, 1.54) is 0 Å². The highest BCUT2D eigenvalue weighted by molar-refractivity contribution is 9.10. The first-order valence-corrected chi connectivity index (χ1v) is 9.89. The Balaban J connectivity index is 1.86. The summed E-state index contributed by atoms with van der Waals surface area (Å²) >= 11 is 3.54. The third-order valence-corrected chi connectivity index (χ3v) is 4.71. The van der Waals surface area contributed by atoms with Crippen LogP contribution in [0.4, 0.5) is 5.69 Å². The number of amides is 1. The van der Waals surface area contributed by atoms with E-state index < -0.39 is 0 Å². The largest absolute Gasteiger partial charge is 0.493 e. The Morgan fingerprint density at radius 2 is 2.00 bits per heavy atom. The van der Waals surface area contributed by atoms with E-state index in [4.69, 9.17) is 4.74 Å². The molecule has 1 amide bonds. The standard InChI is InChI=1S/C21H24BrN3O2/c1-5-18-19(25-11-14(4)10-17(22)20(25)24-18)21(26)23-15-6-8-16(9-7-15)27-12-13(2)3/h6-11,13H,5,12H2,1-4H3,(H,23,26). The van der Waals surface area contributed by atoms with E-state index in [9.17, 15) is 4.79 Å². The molecule has 0 unspecified atom stereocenters. The quantitative estimate of drug-likeness (QED) is 0.581. The molecule has 3 aromatic rings. The predicted molar refractivity (Wildman–Crippen MR) is 112 cm³/mol. The van der Waals surface area contributed by atoms with Crippen molar-refractivity contribution in [2.75, 3.05) is 11.9 Å². The maximum absolute atomic E-state index is 13.0. The first-order valence-electron chi connectivity index (χ1n) is 9.10. The van der Waals surface area contributed by atoms with Crippen molar-refractivity contribution >= 4 is 33.2 Å². The van der Waals surface area contributed by atoms with Crippen LogP contribution >= 0.6 is 15.9 Å². The number of hydrogen-bond donors (Lipinski definition) is 1. The molecule has 0 aliphatic carbocycles. The number of rotatable bonds is 6. The van der Waals surface area contributed by atoms with Crippen molar-refractivity contribution in [2.45, 2.75) is 34.1 Å². The Bertz CT molecular complexity index is 962. The van der Waals surface area contributed by atoms with Gasteiger partial charge in [-0.1, -0.05) is 20.8 Å². The molecule has 0 spiro atoms. The zero-order valence-corrected chi connectivity index (χ0v) is 17.6. The minimum absolute atomic E-state index is 0.173. The maximum Gasteiger partial charge on any atom is 0.274 e. The molecular formula is C21H24BrN3O2. The number of hydrogen-bond acceptors (Lipinski definition) is 3. The molecule has 0 bridgehead atoms. The Kier molecular flexibility index (Phi) is 5.85. The molecule has 2 heterocycles. The summed E-state index contributed by atoms with van der Waals surface area (Å²) in [5.41, 5.74) is 3.86. The molecule has 6 heteroatoms. The number of halogens is 1. The zero-order valence-electron chi connectivity index (χ0n) is 16.0. The van der Waals surface area contributed by atoms with E-state index in [0.717, 1.165) is 32.8 Å². The van der Waals surface area contributed by atoms with Crippen LogP contribution in [-0.2, 0) is 6.42 Å². The Hall–Kier alpha value is -2.34. The monoisotopic (exact) mass is 429 g/mol. The number of aromatic nitrogens is 2. The highest BCUT2D eigenvalue weighted by atomic mass is 79.9. The number of anilines is 1. The topological polar surface area (TPSA) is 55.6 Å². The number of imidazole rings is 1. The number of pyridine rings is 1. The van der Waals surface area contributed by atoms with Gasteiger partial charge >= 0.3 is 0 Å². The van der Waals surface area contributed by atoms with Crippen LogP contribution in [0.15, 0.2) is 41.0 Å². The van der Waals surface area contributed by atoms with Crippen LogP contribution in [0.2, 0.25) is 0 Å². The van der Waals surface area contributed by atoms with Gasteiger partial charge < -0.3 is 10.1 Å². The Labute approximate surface area is 167 Å². The lowest BCUT2D eigenvalue weighted by Crippen LogP contribution is -2.16. The molecule has 0 atom stereocenters. The second kappa shape index (κ2) is 8.13. The van der Waals surface area contributed by atoms with Crippen molar-refractivity contribution in [3.8, 4) is 5.75 Å². The first kappa shape index (κ1) is 19.4. The van der Waals surface area contributed by atoms with E-state index in [0.29, 0.717) is 24.6 Å². The summed E-state index contributed by atoms with van der Waals surface area (Å²) < 4.78 is 8.42. The Morgan fingerprint density at radius 1 is 1.30 bits per heavy atom. The number of nitrogens with one attached hydrogen (secondary N) is 1. The maximum atomic E-state index is 13.0. The molecule has 0 radical (unpaired) electrons. The van der Waals surface area contributed by atoms with Crippen molar-refractivity contribution in [1.82, 2.24) is 9.38 Å². The van der Waals surface area contributed by atoms with Crippen LogP contribution in [0.3, 0.4) is 0 Å². The molecule has 0 saturated carbocycles. The fourth-order valence-electron chi connectivity index (χ4n) is 2.85. The van der Waals surface area contributed by atoms with Crippen LogP contribution in [0.5, 0.6) is 5.75 Å². The smallest absolute Gasteiger partial charge is 0.274 e. The first-order chi connectivity index (χ1) is 12.9. The van der Waals surface area contributed by atoms with Crippen molar-refractivity contribution in [3.63, 3.8) is 0 Å². The molecule has 0 aliphatic heterocycles. The third-order valence-electron chi connectivity index (χ3n) is 4.13. The van der Waals surface area contributed by atoms with Gasteiger partial charge in [0.25, 0.3) is 5.91 Å². The summed E-state index contributed by atoms with van der Waals surface area (Å²) in [5, 5.41) is 2.97. The number of benzene rings is 1. The van der Waals surface area contributed by atoms with Crippen LogP contribution in [0, 0.1) is 12.8 Å². The summed E-state index contributed by atoms with van der Waals surface area (Å²) in [6.07, 6.45) is 2.61. The van der Waals surface area contributed by atoms with Crippen molar-refractivity contribution < 1.29 is 9.53 Å². The van der Waals surface area contributed by atoms with Gasteiger partial charge in [-0.25, -0.2) is 4.98 Å². The molecule has 5 nitrogen and oxygen atoms in total. The van der Waals surface area contributed by atoms with Gasteiger partial charge in [-0.15, -0.1) is 0 Å². The molecule has 2 aromatic heterocycles. The van der Waals surface area contributed by atoms with Crippen LogP contribution in [0.25, 0.3) is 5.65 Å². The van der Waals surface area contributed by atoms with E-state index in [2.05, 4.69) is 40.1 Å². The number of nitrogens with zero attached hydrogens (tertiary/aromatic N) is 2. The fourth-order valence-corrected chi connectivity index (χ4v) is 3.49. The fraction of sp³-hybridized carbons (Fsp3) is 0.333. The second-order valence-corrected chi connectivity index (χ2v) is 7.86. The number of carbonyl (C=O) groups excluding carboxylic acids is 1. The number of fused-ring (bicyclic) bond motifs is 1. The molecule has 0 aliphatic rings. The van der Waals surface area contributed by atoms with Crippen molar-refractivity contribution in [3.05, 3.63) is 58.0 Å². The molecule has 3 rings (SSSR count). The lowest BCUT2D eigenvalue weighted by Gasteiger charge is -2.10. The number of aryl methyl sites for hydroxylation is 2. The van der Waals surface area contributed by atoms with Gasteiger partial charge in [0.1, 0.15) is 11.4 Å². The summed E-state index contributed by atoms with van der Waals surface area (Å²) in [7, 11) is 0. The van der Waals surface area contributed by atoms with Crippen LogP contribution in [-0.4, -0.2) is 21.9 Å². The highest BCUT2D eigenvalue weighted by Crippen LogP contribution is 2.24. The summed E-state index contributed by atoms with van der Waals surface area (Å²) in [4.78, 5) is 17.6. The van der Waals surface area contributed by atoms with E-state index >= 15 is 0 Å². The van der Waals surface area contributed by atoms with Gasteiger partial charge in [0, 0.05) is 11.9 Å². The minimum atomic E-state index is -0.173.